The van der Waals surface area contributed by atoms with Gasteiger partial charge in [0.2, 0.25) is 0 Å². The van der Waals surface area contributed by atoms with E-state index >= 15 is 0 Å². The maximum atomic E-state index is 2.71. The first-order valence-electron chi connectivity index (χ1n) is 26.8. The SMILES string of the molecule is CC(C)(C)c1ccc(N2c3cc4c(cc3B3c5c2cc(N(c2ccccc2)c2ccccc2)cc5N(c2ccc(C(C)(C)C)cc2)c2sc5cc6c(cc5c23)C2(C)CCC6(C)C2)C(C)(C)CCC4(C)C)cc1. The number of thiophene rings is 1. The van der Waals surface area contributed by atoms with Crippen LogP contribution < -0.4 is 31.1 Å². The summed E-state index contributed by atoms with van der Waals surface area (Å²) in [4.78, 5) is 7.83. The highest BCUT2D eigenvalue weighted by atomic mass is 32.1. The molecule has 3 nitrogen and oxygen atoms in total. The second kappa shape index (κ2) is 15.3. The van der Waals surface area contributed by atoms with Gasteiger partial charge in [-0.25, -0.2) is 0 Å². The lowest BCUT2D eigenvalue weighted by molar-refractivity contribution is 0.332. The van der Waals surface area contributed by atoms with Crippen LogP contribution >= 0.6 is 11.3 Å². The second-order valence-corrected chi connectivity index (χ2v) is 27.4. The van der Waals surface area contributed by atoms with Crippen molar-refractivity contribution in [1.29, 1.82) is 0 Å². The molecular formula is C67H70BN3S. The zero-order valence-electron chi connectivity index (χ0n) is 44.7. The van der Waals surface area contributed by atoms with Crippen LogP contribution in [-0.2, 0) is 32.5 Å². The number of rotatable bonds is 5. The van der Waals surface area contributed by atoms with Crippen LogP contribution in [0.1, 0.15) is 149 Å². The van der Waals surface area contributed by atoms with Gasteiger partial charge in [0.25, 0.3) is 6.71 Å². The Labute approximate surface area is 434 Å². The van der Waals surface area contributed by atoms with Crippen LogP contribution in [0.3, 0.4) is 0 Å². The molecule has 0 amide bonds. The lowest BCUT2D eigenvalue weighted by atomic mass is 9.33. The molecule has 2 atom stereocenters. The molecule has 3 aliphatic carbocycles. The van der Waals surface area contributed by atoms with E-state index in [1.54, 1.807) is 11.1 Å². The number of hydrogen-bond acceptors (Lipinski definition) is 4. The maximum Gasteiger partial charge on any atom is 0.254 e. The van der Waals surface area contributed by atoms with Crippen molar-refractivity contribution in [2.24, 2.45) is 0 Å². The molecule has 2 unspecified atom stereocenters. The van der Waals surface area contributed by atoms with Crippen molar-refractivity contribution in [3.8, 4) is 0 Å². The summed E-state index contributed by atoms with van der Waals surface area (Å²) < 4.78 is 1.42. The van der Waals surface area contributed by atoms with Crippen LogP contribution in [0.25, 0.3) is 10.1 Å². The standard InChI is InChI=1S/C67H70BN3S/c1-62(2,3)42-23-27-46(28-24-42)70-55-39-51-50(64(7,8)31-32-65(51,9)10)38-54(55)68-59-49-37-52-53(67(12)34-33-66(52,11)41-67)40-58(49)72-61(59)71(47-29-25-43(26-30-47)63(4,5)6)57-36-48(35-56(70)60(57)68)69(44-19-15-13-16-20-44)45-21-17-14-18-22-45/h13-30,35-40H,31-34,41H2,1-12H3. The molecule has 0 spiro atoms. The first-order valence-corrected chi connectivity index (χ1v) is 27.7. The molecule has 5 aliphatic rings. The molecule has 1 saturated carbocycles. The Hall–Kier alpha value is -6.04. The molecule has 0 saturated heterocycles. The molecule has 0 radical (unpaired) electrons. The van der Waals surface area contributed by atoms with Gasteiger partial charge in [-0.05, 0) is 199 Å². The molecule has 0 N–H and O–H groups in total. The molecule has 13 rings (SSSR count). The second-order valence-electron chi connectivity index (χ2n) is 26.3. The van der Waals surface area contributed by atoms with Crippen LogP contribution in [0.2, 0.25) is 0 Å². The van der Waals surface area contributed by atoms with Crippen LogP contribution in [0.4, 0.5) is 50.5 Å². The Morgan fingerprint density at radius 1 is 0.472 bits per heavy atom. The first-order chi connectivity index (χ1) is 34.1. The Morgan fingerprint density at radius 3 is 1.49 bits per heavy atom. The summed E-state index contributed by atoms with van der Waals surface area (Å²) in [7, 11) is 0. The van der Waals surface area contributed by atoms with Crippen LogP contribution in [0.15, 0.2) is 146 Å². The molecule has 1 aromatic heterocycles. The van der Waals surface area contributed by atoms with Gasteiger partial charge in [0, 0.05) is 44.5 Å². The van der Waals surface area contributed by atoms with Crippen molar-refractivity contribution in [3.05, 3.63) is 179 Å². The lowest BCUT2D eigenvalue weighted by Crippen LogP contribution is -2.61. The zero-order valence-corrected chi connectivity index (χ0v) is 45.5. The van der Waals surface area contributed by atoms with Gasteiger partial charge in [-0.1, -0.05) is 150 Å². The van der Waals surface area contributed by atoms with Crippen molar-refractivity contribution < 1.29 is 0 Å². The Morgan fingerprint density at radius 2 is 0.958 bits per heavy atom. The molecular weight excluding hydrogens is 890 g/mol. The highest BCUT2D eigenvalue weighted by molar-refractivity contribution is 7.26. The number of fused-ring (bicyclic) bond motifs is 12. The fourth-order valence-electron chi connectivity index (χ4n) is 14.1. The minimum Gasteiger partial charge on any atom is -0.311 e. The zero-order chi connectivity index (χ0) is 50.1. The summed E-state index contributed by atoms with van der Waals surface area (Å²) >= 11 is 2.03. The van der Waals surface area contributed by atoms with Crippen LogP contribution in [0.5, 0.6) is 0 Å². The van der Waals surface area contributed by atoms with Crippen molar-refractivity contribution in [2.75, 3.05) is 14.7 Å². The minimum atomic E-state index is 0.00562. The van der Waals surface area contributed by atoms with E-state index in [4.69, 9.17) is 0 Å². The van der Waals surface area contributed by atoms with E-state index in [0.717, 1.165) is 23.5 Å². The Kier molecular flexibility index (Phi) is 9.71. The summed E-state index contributed by atoms with van der Waals surface area (Å²) in [5.41, 5.74) is 23.3. The quantitative estimate of drug-likeness (QED) is 0.159. The highest BCUT2D eigenvalue weighted by Crippen LogP contribution is 2.62. The molecule has 3 heterocycles. The number of hydrogen-bond donors (Lipinski definition) is 0. The average Bonchev–Trinajstić information content (AvgIpc) is 3.96. The fourth-order valence-corrected chi connectivity index (χ4v) is 15.4. The number of benzene rings is 7. The third-order valence-corrected chi connectivity index (χ3v) is 19.5. The fraction of sp³-hybridized carbons (Fsp3) is 0.343. The average molecular weight is 960 g/mol. The van der Waals surface area contributed by atoms with E-state index in [9.17, 15) is 0 Å². The van der Waals surface area contributed by atoms with Crippen molar-refractivity contribution in [2.45, 2.75) is 148 Å². The lowest BCUT2D eigenvalue weighted by Gasteiger charge is -2.47. The van der Waals surface area contributed by atoms with Gasteiger partial charge in [0.05, 0.1) is 10.7 Å². The van der Waals surface area contributed by atoms with Gasteiger partial charge in [-0.15, -0.1) is 11.3 Å². The van der Waals surface area contributed by atoms with Gasteiger partial charge in [0.15, 0.2) is 0 Å². The highest BCUT2D eigenvalue weighted by Gasteiger charge is 2.54. The topological polar surface area (TPSA) is 9.72 Å². The maximum absolute atomic E-state index is 2.71. The Bertz CT molecular complexity index is 3460. The third-order valence-electron chi connectivity index (χ3n) is 18.4. The molecule has 7 aromatic carbocycles. The first kappa shape index (κ1) is 45.8. The van der Waals surface area contributed by atoms with Crippen molar-refractivity contribution >= 4 is 95.0 Å². The van der Waals surface area contributed by atoms with Gasteiger partial charge in [-0.2, -0.15) is 0 Å². The number of nitrogens with zero attached hydrogens (tertiary/aromatic N) is 3. The van der Waals surface area contributed by atoms with Gasteiger partial charge in [0.1, 0.15) is 0 Å². The summed E-state index contributed by atoms with van der Waals surface area (Å²) in [5.74, 6) is 0. The predicted octanol–water partition coefficient (Wildman–Crippen LogP) is 17.1. The minimum absolute atomic E-state index is 0.00562. The monoisotopic (exact) mass is 960 g/mol. The summed E-state index contributed by atoms with van der Waals surface area (Å²) in [6, 6.07) is 57.0. The van der Waals surface area contributed by atoms with Gasteiger partial charge < -0.3 is 14.7 Å². The van der Waals surface area contributed by atoms with Crippen molar-refractivity contribution in [3.63, 3.8) is 0 Å². The molecule has 1 fully saturated rings. The van der Waals surface area contributed by atoms with E-state index in [2.05, 4.69) is 243 Å². The summed E-state index contributed by atoms with van der Waals surface area (Å²) in [6.07, 6.45) is 6.12. The molecule has 5 heteroatoms. The normalized spacial score (nSPS) is 21.0. The predicted molar refractivity (Wildman–Crippen MR) is 312 cm³/mol. The van der Waals surface area contributed by atoms with E-state index in [1.807, 2.05) is 11.3 Å². The van der Waals surface area contributed by atoms with Crippen molar-refractivity contribution in [1.82, 2.24) is 0 Å². The molecule has 2 bridgehead atoms. The Balaban J connectivity index is 1.19. The van der Waals surface area contributed by atoms with Gasteiger partial charge >= 0.3 is 0 Å². The van der Waals surface area contributed by atoms with E-state index in [-0.39, 0.29) is 39.2 Å². The molecule has 8 aromatic rings. The third kappa shape index (κ3) is 6.74. The number of anilines is 9. The molecule has 362 valence electrons. The summed E-state index contributed by atoms with van der Waals surface area (Å²) in [6.45, 7) is 29.1. The van der Waals surface area contributed by atoms with Crippen LogP contribution in [0, 0.1) is 0 Å². The smallest absolute Gasteiger partial charge is 0.254 e. The largest absolute Gasteiger partial charge is 0.311 e. The van der Waals surface area contributed by atoms with E-state index in [0.29, 0.717) is 0 Å². The molecule has 72 heavy (non-hydrogen) atoms. The van der Waals surface area contributed by atoms with Gasteiger partial charge in [-0.3, -0.25) is 0 Å². The van der Waals surface area contributed by atoms with E-state index < -0.39 is 0 Å². The number of para-hydroxylation sites is 2. The molecule has 2 aliphatic heterocycles. The van der Waals surface area contributed by atoms with Crippen LogP contribution in [-0.4, -0.2) is 6.71 Å². The summed E-state index contributed by atoms with van der Waals surface area (Å²) in [5, 5.41) is 2.78. The van der Waals surface area contributed by atoms with E-state index in [1.165, 1.54) is 108 Å².